The van der Waals surface area contributed by atoms with E-state index >= 15 is 0 Å². The second kappa shape index (κ2) is 5.07. The molecule has 2 aromatic carbocycles. The highest BCUT2D eigenvalue weighted by Crippen LogP contribution is 2.37. The molecule has 0 radical (unpaired) electrons. The summed E-state index contributed by atoms with van der Waals surface area (Å²) in [5.41, 5.74) is 4.61. The second-order valence-corrected chi connectivity index (χ2v) is 5.81. The van der Waals surface area contributed by atoms with Gasteiger partial charge in [-0.05, 0) is 29.8 Å². The summed E-state index contributed by atoms with van der Waals surface area (Å²) in [7, 11) is 0. The maximum absolute atomic E-state index is 12.3. The zero-order valence-electron chi connectivity index (χ0n) is 11.7. The van der Waals surface area contributed by atoms with E-state index in [-0.39, 0.29) is 11.9 Å². The molecule has 0 aliphatic carbocycles. The molecular formula is C17H14ClN3O. The number of nitrogens with one attached hydrogen (secondary N) is 3. The Kier molecular flexibility index (Phi) is 3.05. The highest BCUT2D eigenvalue weighted by Gasteiger charge is 2.33. The van der Waals surface area contributed by atoms with Gasteiger partial charge in [0.05, 0.1) is 29.5 Å². The summed E-state index contributed by atoms with van der Waals surface area (Å²) in [4.78, 5) is 12.3. The highest BCUT2D eigenvalue weighted by molar-refractivity contribution is 6.30. The van der Waals surface area contributed by atoms with Crippen LogP contribution in [0.1, 0.15) is 11.6 Å². The summed E-state index contributed by atoms with van der Waals surface area (Å²) >= 11 is 5.98. The van der Waals surface area contributed by atoms with Crippen LogP contribution in [0, 0.1) is 0 Å². The summed E-state index contributed by atoms with van der Waals surface area (Å²) in [6, 6.07) is 15.3. The summed E-state index contributed by atoms with van der Waals surface area (Å²) in [5, 5.41) is 10.4. The fourth-order valence-electron chi connectivity index (χ4n) is 2.93. The van der Waals surface area contributed by atoms with Crippen LogP contribution < -0.4 is 16.0 Å². The van der Waals surface area contributed by atoms with Gasteiger partial charge in [0, 0.05) is 10.7 Å². The van der Waals surface area contributed by atoms with Crippen LogP contribution in [0.4, 0.5) is 11.4 Å². The van der Waals surface area contributed by atoms with Crippen molar-refractivity contribution in [2.75, 3.05) is 17.2 Å². The Morgan fingerprint density at radius 3 is 2.50 bits per heavy atom. The fourth-order valence-corrected chi connectivity index (χ4v) is 3.05. The van der Waals surface area contributed by atoms with Gasteiger partial charge in [-0.25, -0.2) is 0 Å². The van der Waals surface area contributed by atoms with Gasteiger partial charge < -0.3 is 16.0 Å². The van der Waals surface area contributed by atoms with E-state index in [4.69, 9.17) is 11.6 Å². The smallest absolute Gasteiger partial charge is 0.251 e. The predicted molar refractivity (Wildman–Crippen MR) is 87.9 cm³/mol. The number of rotatable bonds is 1. The number of halogens is 1. The molecule has 1 unspecified atom stereocenters. The minimum atomic E-state index is -0.203. The largest absolute Gasteiger partial charge is 0.372 e. The third-order valence-electron chi connectivity index (χ3n) is 4.00. The minimum absolute atomic E-state index is 0.0391. The molecule has 22 heavy (non-hydrogen) atoms. The lowest BCUT2D eigenvalue weighted by Crippen LogP contribution is -2.23. The Bertz CT molecular complexity index is 783. The monoisotopic (exact) mass is 311 g/mol. The molecule has 2 aliphatic rings. The van der Waals surface area contributed by atoms with Gasteiger partial charge in [0.15, 0.2) is 0 Å². The Morgan fingerprint density at radius 2 is 1.73 bits per heavy atom. The van der Waals surface area contributed by atoms with Crippen molar-refractivity contribution in [3.63, 3.8) is 0 Å². The van der Waals surface area contributed by atoms with E-state index in [2.05, 4.69) is 16.0 Å². The van der Waals surface area contributed by atoms with Crippen LogP contribution >= 0.6 is 11.6 Å². The normalized spacial score (nSPS) is 19.5. The zero-order valence-corrected chi connectivity index (χ0v) is 12.4. The third kappa shape index (κ3) is 2.12. The molecular weight excluding hydrogens is 298 g/mol. The van der Waals surface area contributed by atoms with Crippen molar-refractivity contribution in [1.82, 2.24) is 5.32 Å². The van der Waals surface area contributed by atoms with E-state index in [1.807, 2.05) is 48.5 Å². The van der Waals surface area contributed by atoms with E-state index in [1.54, 1.807) is 0 Å². The van der Waals surface area contributed by atoms with Crippen molar-refractivity contribution < 1.29 is 4.79 Å². The molecule has 1 atom stereocenters. The van der Waals surface area contributed by atoms with E-state index in [0.717, 1.165) is 28.2 Å². The van der Waals surface area contributed by atoms with Crippen LogP contribution in [0.3, 0.4) is 0 Å². The molecule has 2 aliphatic heterocycles. The van der Waals surface area contributed by atoms with Crippen LogP contribution in [0.15, 0.2) is 59.8 Å². The Morgan fingerprint density at radius 1 is 1.00 bits per heavy atom. The van der Waals surface area contributed by atoms with Crippen molar-refractivity contribution in [1.29, 1.82) is 0 Å². The lowest BCUT2D eigenvalue weighted by Gasteiger charge is -2.20. The number of fused-ring (bicyclic) bond motifs is 1. The molecule has 0 spiro atoms. The maximum Gasteiger partial charge on any atom is 0.251 e. The molecule has 0 fully saturated rings. The molecule has 0 bridgehead atoms. The minimum Gasteiger partial charge on any atom is -0.372 e. The van der Waals surface area contributed by atoms with Crippen molar-refractivity contribution in [2.24, 2.45) is 0 Å². The van der Waals surface area contributed by atoms with Gasteiger partial charge in [0.2, 0.25) is 0 Å². The van der Waals surface area contributed by atoms with Crippen molar-refractivity contribution >= 4 is 28.9 Å². The van der Waals surface area contributed by atoms with Gasteiger partial charge in [-0.1, -0.05) is 35.9 Å². The van der Waals surface area contributed by atoms with Gasteiger partial charge in [-0.15, -0.1) is 0 Å². The number of carbonyl (C=O) groups excluding carboxylic acids is 1. The number of hydrogen-bond acceptors (Lipinski definition) is 3. The van der Waals surface area contributed by atoms with Crippen molar-refractivity contribution in [3.8, 4) is 0 Å². The summed E-state index contributed by atoms with van der Waals surface area (Å²) in [5.74, 6) is -0.0391. The molecule has 2 aromatic rings. The quantitative estimate of drug-likeness (QED) is 0.757. The van der Waals surface area contributed by atoms with E-state index in [9.17, 15) is 4.79 Å². The number of anilines is 2. The van der Waals surface area contributed by atoms with Gasteiger partial charge in [-0.2, -0.15) is 0 Å². The summed E-state index contributed by atoms with van der Waals surface area (Å²) < 4.78 is 0. The first-order valence-electron chi connectivity index (χ1n) is 7.11. The topological polar surface area (TPSA) is 53.2 Å². The average molecular weight is 312 g/mol. The van der Waals surface area contributed by atoms with Crippen LogP contribution in [0.2, 0.25) is 5.02 Å². The molecule has 4 rings (SSSR count). The van der Waals surface area contributed by atoms with E-state index in [0.29, 0.717) is 11.6 Å². The average Bonchev–Trinajstić information content (AvgIpc) is 2.79. The summed E-state index contributed by atoms with van der Waals surface area (Å²) in [6.07, 6.45) is 0. The molecule has 2 heterocycles. The fraction of sp³-hybridized carbons (Fsp3) is 0.118. The molecule has 110 valence electrons. The van der Waals surface area contributed by atoms with Gasteiger partial charge in [-0.3, -0.25) is 4.79 Å². The first-order chi connectivity index (χ1) is 10.7. The van der Waals surface area contributed by atoms with Gasteiger partial charge in [0.25, 0.3) is 5.91 Å². The number of benzene rings is 2. The first kappa shape index (κ1) is 13.2. The van der Waals surface area contributed by atoms with Crippen molar-refractivity contribution in [3.05, 3.63) is 70.4 Å². The first-order valence-corrected chi connectivity index (χ1v) is 7.49. The SMILES string of the molecule is O=C1NCC2=C1C(c1ccc(Cl)cc1)Nc1ccccc1N2. The van der Waals surface area contributed by atoms with Crippen LogP contribution in [-0.4, -0.2) is 12.5 Å². The van der Waals surface area contributed by atoms with Crippen LogP contribution in [-0.2, 0) is 4.79 Å². The Balaban J connectivity index is 1.85. The lowest BCUT2D eigenvalue weighted by molar-refractivity contribution is -0.116. The molecule has 0 saturated carbocycles. The van der Waals surface area contributed by atoms with Crippen LogP contribution in [0.25, 0.3) is 0 Å². The zero-order chi connectivity index (χ0) is 15.1. The second-order valence-electron chi connectivity index (χ2n) is 5.37. The number of para-hydroxylation sites is 2. The highest BCUT2D eigenvalue weighted by atomic mass is 35.5. The van der Waals surface area contributed by atoms with Gasteiger partial charge in [0.1, 0.15) is 0 Å². The molecule has 4 nitrogen and oxygen atoms in total. The number of hydrogen-bond donors (Lipinski definition) is 3. The van der Waals surface area contributed by atoms with E-state index in [1.165, 1.54) is 0 Å². The molecule has 0 aromatic heterocycles. The lowest BCUT2D eigenvalue weighted by atomic mass is 9.98. The van der Waals surface area contributed by atoms with Crippen LogP contribution in [0.5, 0.6) is 0 Å². The molecule has 1 amide bonds. The standard InChI is InChI=1S/C17H14ClN3O/c18-11-7-5-10(6-8-11)16-15-14(9-19-17(15)22)20-12-3-1-2-4-13(12)21-16/h1-8,16,20-21H,9H2,(H,19,22). The van der Waals surface area contributed by atoms with Crippen molar-refractivity contribution in [2.45, 2.75) is 6.04 Å². The number of carbonyl (C=O) groups is 1. The third-order valence-corrected chi connectivity index (χ3v) is 4.25. The maximum atomic E-state index is 12.3. The van der Waals surface area contributed by atoms with E-state index < -0.39 is 0 Å². The molecule has 5 heteroatoms. The Labute approximate surface area is 133 Å². The Hall–Kier alpha value is -2.46. The van der Waals surface area contributed by atoms with Gasteiger partial charge >= 0.3 is 0 Å². The number of amides is 1. The summed E-state index contributed by atoms with van der Waals surface area (Å²) in [6.45, 7) is 0.522. The molecule has 0 saturated heterocycles. The molecule has 3 N–H and O–H groups in total. The predicted octanol–water partition coefficient (Wildman–Crippen LogP) is 3.30.